The van der Waals surface area contributed by atoms with E-state index in [-0.39, 0.29) is 5.82 Å². The van der Waals surface area contributed by atoms with Crippen LogP contribution in [0, 0.1) is 5.82 Å². The maximum absolute atomic E-state index is 13.1. The Morgan fingerprint density at radius 3 is 2.35 bits per heavy atom. The van der Waals surface area contributed by atoms with Crippen LogP contribution < -0.4 is 14.5 Å². The smallest absolute Gasteiger partial charge is 0.272 e. The summed E-state index contributed by atoms with van der Waals surface area (Å²) in [4.78, 5) is 13.3. The van der Waals surface area contributed by atoms with Crippen molar-refractivity contribution in [2.75, 3.05) is 43.1 Å². The van der Waals surface area contributed by atoms with E-state index in [4.69, 9.17) is 4.74 Å². The third-order valence-corrected chi connectivity index (χ3v) is 5.28. The fourth-order valence-corrected chi connectivity index (χ4v) is 3.55. The summed E-state index contributed by atoms with van der Waals surface area (Å²) in [5.74, 6) is 2.27. The molecule has 5 rings (SSSR count). The number of piperazine rings is 1. The molecule has 31 heavy (non-hydrogen) atoms. The minimum atomic E-state index is -0.222. The molecule has 0 spiro atoms. The molecule has 0 saturated carbocycles. The van der Waals surface area contributed by atoms with Crippen LogP contribution in [0.3, 0.4) is 0 Å². The Bertz CT molecular complexity index is 1150. The van der Waals surface area contributed by atoms with Gasteiger partial charge in [0.1, 0.15) is 17.9 Å². The van der Waals surface area contributed by atoms with Crippen LogP contribution in [0.5, 0.6) is 5.75 Å². The number of H-pyrrole nitrogens is 1. The maximum atomic E-state index is 13.1. The number of aromatic amines is 1. The van der Waals surface area contributed by atoms with Gasteiger partial charge in [-0.3, -0.25) is 0 Å². The predicted octanol–water partition coefficient (Wildman–Crippen LogP) is 2.53. The van der Waals surface area contributed by atoms with Gasteiger partial charge in [-0.25, -0.2) is 14.5 Å². The number of halogens is 1. The zero-order valence-corrected chi connectivity index (χ0v) is 16.9. The number of nitrogens with zero attached hydrogens (tertiary/aromatic N) is 7. The number of rotatable bonds is 5. The van der Waals surface area contributed by atoms with Crippen LogP contribution in [-0.4, -0.2) is 63.2 Å². The van der Waals surface area contributed by atoms with Crippen LogP contribution in [0.25, 0.3) is 17.3 Å². The van der Waals surface area contributed by atoms with Crippen LogP contribution in [0.4, 0.5) is 16.0 Å². The second kappa shape index (κ2) is 8.05. The van der Waals surface area contributed by atoms with Crippen LogP contribution >= 0.6 is 0 Å². The molecule has 10 heteroatoms. The standard InChI is InChI=1S/C21H21FN8O/c1-31-18-8-2-15(3-9-18)19-23-14-30(27-19)21-24-20(25-26-21)29-12-10-28(11-13-29)17-6-4-16(22)5-7-17/h2-9,14H,10-13H2,1H3,(H,24,25,26). The van der Waals surface area contributed by atoms with Crippen LogP contribution in [0.1, 0.15) is 0 Å². The average molecular weight is 420 g/mol. The summed E-state index contributed by atoms with van der Waals surface area (Å²) in [6.45, 7) is 3.18. The Kier molecular flexibility index (Phi) is 4.95. The number of benzene rings is 2. The highest BCUT2D eigenvalue weighted by Gasteiger charge is 2.21. The maximum Gasteiger partial charge on any atom is 0.272 e. The van der Waals surface area contributed by atoms with Crippen molar-refractivity contribution >= 4 is 11.6 Å². The quantitative estimate of drug-likeness (QED) is 0.531. The molecule has 9 nitrogen and oxygen atoms in total. The lowest BCUT2D eigenvalue weighted by Gasteiger charge is -2.35. The molecule has 1 N–H and O–H groups in total. The summed E-state index contributed by atoms with van der Waals surface area (Å²) in [6.07, 6.45) is 1.60. The van der Waals surface area contributed by atoms with Gasteiger partial charge in [0.2, 0.25) is 5.95 Å². The predicted molar refractivity (Wildman–Crippen MR) is 114 cm³/mol. The molecule has 1 aliphatic heterocycles. The molecule has 3 heterocycles. The summed E-state index contributed by atoms with van der Waals surface area (Å²) >= 11 is 0. The summed E-state index contributed by atoms with van der Waals surface area (Å²) in [5, 5.41) is 11.8. The molecule has 2 aromatic carbocycles. The van der Waals surface area contributed by atoms with Crippen LogP contribution in [0.15, 0.2) is 54.9 Å². The molecular formula is C21H21FN8O. The summed E-state index contributed by atoms with van der Waals surface area (Å²) in [6, 6.07) is 14.1. The van der Waals surface area contributed by atoms with E-state index in [9.17, 15) is 4.39 Å². The molecule has 1 saturated heterocycles. The van der Waals surface area contributed by atoms with Gasteiger partial charge >= 0.3 is 0 Å². The molecule has 1 aliphatic rings. The van der Waals surface area contributed by atoms with E-state index in [1.165, 1.54) is 12.1 Å². The zero-order valence-electron chi connectivity index (χ0n) is 16.9. The first kappa shape index (κ1) is 19.0. The van der Waals surface area contributed by atoms with Gasteiger partial charge in [0.05, 0.1) is 7.11 Å². The fraction of sp³-hybridized carbons (Fsp3) is 0.238. The largest absolute Gasteiger partial charge is 0.497 e. The van der Waals surface area contributed by atoms with Crippen molar-refractivity contribution in [1.82, 2.24) is 29.9 Å². The van der Waals surface area contributed by atoms with Crippen molar-refractivity contribution in [1.29, 1.82) is 0 Å². The number of methoxy groups -OCH3 is 1. The van der Waals surface area contributed by atoms with E-state index in [1.54, 1.807) is 18.1 Å². The molecule has 0 atom stereocenters. The number of aromatic nitrogens is 6. The summed E-state index contributed by atoms with van der Waals surface area (Å²) < 4.78 is 19.9. The van der Waals surface area contributed by atoms with E-state index in [0.29, 0.717) is 17.7 Å². The highest BCUT2D eigenvalue weighted by molar-refractivity contribution is 5.55. The van der Waals surface area contributed by atoms with Crippen LogP contribution in [-0.2, 0) is 0 Å². The monoisotopic (exact) mass is 420 g/mol. The Morgan fingerprint density at radius 1 is 0.935 bits per heavy atom. The van der Waals surface area contributed by atoms with E-state index >= 15 is 0 Å². The minimum absolute atomic E-state index is 0.222. The Balaban J connectivity index is 1.25. The van der Waals surface area contributed by atoms with Gasteiger partial charge in [0.25, 0.3) is 5.95 Å². The zero-order chi connectivity index (χ0) is 21.2. The fourth-order valence-electron chi connectivity index (χ4n) is 3.55. The highest BCUT2D eigenvalue weighted by atomic mass is 19.1. The Hall–Kier alpha value is -3.95. The van der Waals surface area contributed by atoms with Crippen molar-refractivity contribution in [3.05, 3.63) is 60.7 Å². The molecule has 0 aliphatic carbocycles. The number of anilines is 2. The van der Waals surface area contributed by atoms with E-state index in [2.05, 4.69) is 35.1 Å². The minimum Gasteiger partial charge on any atom is -0.497 e. The molecule has 0 unspecified atom stereocenters. The van der Waals surface area contributed by atoms with Gasteiger partial charge < -0.3 is 14.5 Å². The molecule has 4 aromatic rings. The third kappa shape index (κ3) is 3.91. The lowest BCUT2D eigenvalue weighted by molar-refractivity contribution is 0.415. The van der Waals surface area contributed by atoms with Gasteiger partial charge in [-0.15, -0.1) is 10.2 Å². The van der Waals surface area contributed by atoms with Crippen molar-refractivity contribution in [2.45, 2.75) is 0 Å². The molecule has 158 valence electrons. The van der Waals surface area contributed by atoms with E-state index < -0.39 is 0 Å². The van der Waals surface area contributed by atoms with Crippen molar-refractivity contribution in [2.24, 2.45) is 0 Å². The molecular weight excluding hydrogens is 399 g/mol. The van der Waals surface area contributed by atoms with Gasteiger partial charge in [-0.2, -0.15) is 9.67 Å². The first-order valence-electron chi connectivity index (χ1n) is 9.94. The lowest BCUT2D eigenvalue weighted by atomic mass is 10.2. The first-order chi connectivity index (χ1) is 15.2. The third-order valence-electron chi connectivity index (χ3n) is 5.28. The Labute approximate surface area is 178 Å². The number of hydrogen-bond acceptors (Lipinski definition) is 7. The first-order valence-corrected chi connectivity index (χ1v) is 9.94. The molecule has 0 bridgehead atoms. The average Bonchev–Trinajstić information content (AvgIpc) is 3.50. The normalized spacial score (nSPS) is 14.1. The van der Waals surface area contributed by atoms with Crippen molar-refractivity contribution in [3.8, 4) is 23.1 Å². The second-order valence-corrected chi connectivity index (χ2v) is 7.15. The van der Waals surface area contributed by atoms with Crippen molar-refractivity contribution in [3.63, 3.8) is 0 Å². The van der Waals surface area contributed by atoms with E-state index in [1.807, 2.05) is 36.4 Å². The summed E-state index contributed by atoms with van der Waals surface area (Å²) in [5.41, 5.74) is 1.90. The van der Waals surface area contributed by atoms with Gasteiger partial charge in [-0.05, 0) is 48.5 Å². The van der Waals surface area contributed by atoms with Gasteiger partial charge in [0.15, 0.2) is 5.82 Å². The highest BCUT2D eigenvalue weighted by Crippen LogP contribution is 2.21. The van der Waals surface area contributed by atoms with Gasteiger partial charge in [0, 0.05) is 37.4 Å². The van der Waals surface area contributed by atoms with E-state index in [0.717, 1.165) is 43.2 Å². The number of ether oxygens (including phenoxy) is 1. The SMILES string of the molecule is COc1ccc(-c2ncn(-c3n[nH]c(N4CCN(c5ccc(F)cc5)CC4)n3)n2)cc1. The second-order valence-electron chi connectivity index (χ2n) is 7.15. The summed E-state index contributed by atoms with van der Waals surface area (Å²) in [7, 11) is 1.63. The number of hydrogen-bond donors (Lipinski definition) is 1. The topological polar surface area (TPSA) is 88.0 Å². The van der Waals surface area contributed by atoms with Crippen LogP contribution in [0.2, 0.25) is 0 Å². The number of nitrogens with one attached hydrogen (secondary N) is 1. The lowest BCUT2D eigenvalue weighted by Crippen LogP contribution is -2.47. The Morgan fingerprint density at radius 2 is 1.65 bits per heavy atom. The molecule has 0 amide bonds. The molecule has 1 fully saturated rings. The molecule has 0 radical (unpaired) electrons. The molecule has 2 aromatic heterocycles. The van der Waals surface area contributed by atoms with Crippen molar-refractivity contribution < 1.29 is 9.13 Å². The van der Waals surface area contributed by atoms with Gasteiger partial charge in [-0.1, -0.05) is 0 Å².